The minimum absolute atomic E-state index is 0.0312. The number of anilines is 5. The lowest BCUT2D eigenvalue weighted by atomic mass is 9.43. The molecule has 0 N–H and O–H groups in total. The number of nitrogens with zero attached hydrogens (tertiary/aromatic N) is 2. The fourth-order valence-corrected chi connectivity index (χ4v) is 9.33. The highest BCUT2D eigenvalue weighted by Crippen LogP contribution is 2.58. The zero-order valence-corrected chi connectivity index (χ0v) is 35.6. The second-order valence-corrected chi connectivity index (χ2v) is 20.7. The summed E-state index contributed by atoms with van der Waals surface area (Å²) in [5.41, 5.74) is 17.4. The van der Waals surface area contributed by atoms with Gasteiger partial charge in [0, 0.05) is 39.5 Å². The number of furan rings is 1. The van der Waals surface area contributed by atoms with Crippen LogP contribution in [0.15, 0.2) is 108 Å². The average Bonchev–Trinajstić information content (AvgIpc) is 3.51. The molecule has 0 bridgehead atoms. The fraction of sp³-hybridized carbons (Fsp3) is 0.308. The van der Waals surface area contributed by atoms with Gasteiger partial charge in [-0.3, -0.25) is 0 Å². The first-order valence-electron chi connectivity index (χ1n) is 20.6. The number of hydrogen-bond donors (Lipinski definition) is 0. The lowest BCUT2D eigenvalue weighted by molar-refractivity contribution is 0.470. The van der Waals surface area contributed by atoms with Gasteiger partial charge in [-0.25, -0.2) is 0 Å². The Kier molecular flexibility index (Phi) is 7.31. The second-order valence-electron chi connectivity index (χ2n) is 20.7. The number of benzene rings is 6. The Balaban J connectivity index is 1.38. The van der Waals surface area contributed by atoms with E-state index in [1.165, 1.54) is 50.0 Å². The van der Waals surface area contributed by atoms with E-state index in [0.29, 0.717) is 0 Å². The molecule has 6 aromatic carbocycles. The average molecular weight is 749 g/mol. The van der Waals surface area contributed by atoms with Gasteiger partial charge in [0.2, 0.25) is 0 Å². The van der Waals surface area contributed by atoms with Gasteiger partial charge in [-0.05, 0) is 109 Å². The minimum Gasteiger partial charge on any atom is -0.456 e. The van der Waals surface area contributed by atoms with Crippen LogP contribution in [-0.4, -0.2) is 6.85 Å². The van der Waals surface area contributed by atoms with E-state index in [2.05, 4.69) is 196 Å². The van der Waals surface area contributed by atoms with Crippen LogP contribution in [0.2, 0.25) is 0 Å². The molecular weight excluding hydrogens is 695 g/mol. The van der Waals surface area contributed by atoms with Crippen molar-refractivity contribution in [3.05, 3.63) is 125 Å². The van der Waals surface area contributed by atoms with Gasteiger partial charge in [-0.1, -0.05) is 132 Å². The molecule has 57 heavy (non-hydrogen) atoms. The molecule has 4 nitrogen and oxygen atoms in total. The molecule has 5 heteroatoms. The largest absolute Gasteiger partial charge is 0.456 e. The normalized spacial score (nSPS) is 14.7. The standard InChI is InChI=1S/C52H53BN2O2/c1-49(2,3)30-17-21-34(22-18-30)54-39-26-31(50(4,5)6)19-23-37(39)53-47-40(54)29-43-45(35-15-13-14-16-41(35)56-43)46(47)36-25-33(52(10,11)12)28-44-48(36)55(53)38-24-20-32(51(7,8)9)27-42(38)57-44/h13-29H,1-12H3. The summed E-state index contributed by atoms with van der Waals surface area (Å²) in [5.74, 6) is 1.81. The summed E-state index contributed by atoms with van der Waals surface area (Å²) < 4.78 is 14.0. The quantitative estimate of drug-likeness (QED) is 0.156. The van der Waals surface area contributed by atoms with Crippen LogP contribution in [-0.2, 0) is 21.7 Å². The molecule has 0 atom stereocenters. The van der Waals surface area contributed by atoms with Crippen molar-refractivity contribution < 1.29 is 9.15 Å². The van der Waals surface area contributed by atoms with Crippen LogP contribution in [0.25, 0.3) is 33.1 Å². The second kappa shape index (κ2) is 11.6. The fourth-order valence-electron chi connectivity index (χ4n) is 9.33. The molecule has 0 radical (unpaired) electrons. The van der Waals surface area contributed by atoms with Crippen molar-refractivity contribution in [3.63, 3.8) is 0 Å². The molecule has 3 aliphatic rings. The zero-order chi connectivity index (χ0) is 40.1. The number of hydrogen-bond acceptors (Lipinski definition) is 4. The summed E-state index contributed by atoms with van der Waals surface area (Å²) in [5, 5.41) is 2.29. The van der Waals surface area contributed by atoms with E-state index in [9.17, 15) is 0 Å². The molecule has 1 aromatic heterocycles. The van der Waals surface area contributed by atoms with Crippen LogP contribution in [0.3, 0.4) is 0 Å². The summed E-state index contributed by atoms with van der Waals surface area (Å²) in [4.78, 5) is 5.13. The lowest BCUT2D eigenvalue weighted by Crippen LogP contribution is -2.62. The lowest BCUT2D eigenvalue weighted by Gasteiger charge is -2.48. The predicted molar refractivity (Wildman–Crippen MR) is 242 cm³/mol. The Morgan fingerprint density at radius 1 is 0.509 bits per heavy atom. The van der Waals surface area contributed by atoms with Crippen molar-refractivity contribution in [2.24, 2.45) is 0 Å². The maximum absolute atomic E-state index is 7.14. The van der Waals surface area contributed by atoms with Gasteiger partial charge in [0.05, 0.1) is 11.4 Å². The molecule has 286 valence electrons. The first-order chi connectivity index (χ1) is 26.8. The molecule has 0 unspecified atom stereocenters. The Bertz CT molecular complexity index is 2820. The van der Waals surface area contributed by atoms with Crippen molar-refractivity contribution in [3.8, 4) is 22.6 Å². The van der Waals surface area contributed by atoms with Crippen LogP contribution >= 0.6 is 0 Å². The van der Waals surface area contributed by atoms with Gasteiger partial charge in [0.15, 0.2) is 5.75 Å². The van der Waals surface area contributed by atoms with Crippen molar-refractivity contribution >= 4 is 68.1 Å². The van der Waals surface area contributed by atoms with Crippen LogP contribution in [0.5, 0.6) is 11.5 Å². The van der Waals surface area contributed by atoms with E-state index < -0.39 is 0 Å². The molecule has 3 aliphatic heterocycles. The molecule has 0 saturated heterocycles. The Hall–Kier alpha value is -5.42. The van der Waals surface area contributed by atoms with E-state index in [0.717, 1.165) is 56.2 Å². The van der Waals surface area contributed by atoms with Crippen LogP contribution < -0.4 is 25.4 Å². The molecule has 7 aromatic rings. The summed E-state index contributed by atoms with van der Waals surface area (Å²) in [7, 11) is 0. The maximum Gasteiger partial charge on any atom is 0.333 e. The molecule has 0 amide bonds. The van der Waals surface area contributed by atoms with Gasteiger partial charge in [0.1, 0.15) is 16.9 Å². The molecule has 4 heterocycles. The van der Waals surface area contributed by atoms with E-state index in [-0.39, 0.29) is 28.5 Å². The van der Waals surface area contributed by atoms with E-state index >= 15 is 0 Å². The third-order valence-corrected chi connectivity index (χ3v) is 12.6. The van der Waals surface area contributed by atoms with E-state index in [4.69, 9.17) is 9.15 Å². The zero-order valence-electron chi connectivity index (χ0n) is 35.6. The monoisotopic (exact) mass is 748 g/mol. The number of fused-ring (bicyclic) bond motifs is 10. The van der Waals surface area contributed by atoms with Crippen LogP contribution in [0.1, 0.15) is 105 Å². The Labute approximate surface area is 338 Å². The third-order valence-electron chi connectivity index (χ3n) is 12.6. The highest BCUT2D eigenvalue weighted by atomic mass is 16.5. The van der Waals surface area contributed by atoms with Crippen molar-refractivity contribution in [2.45, 2.75) is 105 Å². The number of ether oxygens (including phenoxy) is 1. The van der Waals surface area contributed by atoms with Crippen molar-refractivity contribution in [1.29, 1.82) is 0 Å². The van der Waals surface area contributed by atoms with Crippen LogP contribution in [0, 0.1) is 0 Å². The van der Waals surface area contributed by atoms with Gasteiger partial charge < -0.3 is 18.9 Å². The summed E-state index contributed by atoms with van der Waals surface area (Å²) in [6.07, 6.45) is 0. The molecular formula is C52H53BN2O2. The molecule has 0 aliphatic carbocycles. The minimum atomic E-state index is -0.128. The van der Waals surface area contributed by atoms with E-state index in [1.54, 1.807) is 0 Å². The summed E-state index contributed by atoms with van der Waals surface area (Å²) >= 11 is 0. The highest BCUT2D eigenvalue weighted by molar-refractivity contribution is 6.94. The summed E-state index contributed by atoms with van der Waals surface area (Å²) in [6, 6.07) is 39.0. The molecule has 0 saturated carbocycles. The van der Waals surface area contributed by atoms with Crippen molar-refractivity contribution in [2.75, 3.05) is 9.71 Å². The predicted octanol–water partition coefficient (Wildman–Crippen LogP) is 13.6. The molecule has 0 fully saturated rings. The van der Waals surface area contributed by atoms with Crippen LogP contribution in [0.4, 0.5) is 28.4 Å². The smallest absolute Gasteiger partial charge is 0.333 e. The SMILES string of the molecule is CC(C)(C)c1ccc(N2c3cc(C(C)(C)C)ccc3B3c4c2cc2oc5ccccc5c2c4-c2cc(C(C)(C)C)cc4c2N3c2ccc(C(C)(C)C)cc2O4)cc1. The van der Waals surface area contributed by atoms with Gasteiger partial charge in [0.25, 0.3) is 0 Å². The first kappa shape index (κ1) is 36.0. The Morgan fingerprint density at radius 2 is 1.12 bits per heavy atom. The molecule has 0 spiro atoms. The third kappa shape index (κ3) is 5.34. The van der Waals surface area contributed by atoms with E-state index in [1.807, 2.05) is 0 Å². The van der Waals surface area contributed by atoms with Gasteiger partial charge in [-0.15, -0.1) is 0 Å². The maximum atomic E-state index is 7.14. The number of rotatable bonds is 1. The van der Waals surface area contributed by atoms with Crippen molar-refractivity contribution in [1.82, 2.24) is 0 Å². The van der Waals surface area contributed by atoms with Gasteiger partial charge >= 0.3 is 6.85 Å². The first-order valence-corrected chi connectivity index (χ1v) is 20.6. The number of para-hydroxylation sites is 1. The summed E-state index contributed by atoms with van der Waals surface area (Å²) in [6.45, 7) is 27.4. The topological polar surface area (TPSA) is 28.9 Å². The highest BCUT2D eigenvalue weighted by Gasteiger charge is 2.49. The Morgan fingerprint density at radius 3 is 1.81 bits per heavy atom. The molecule has 10 rings (SSSR count). The van der Waals surface area contributed by atoms with Gasteiger partial charge in [-0.2, -0.15) is 0 Å².